The summed E-state index contributed by atoms with van der Waals surface area (Å²) in [4.78, 5) is 0. The van der Waals surface area contributed by atoms with Crippen LogP contribution in [0.4, 0.5) is 4.39 Å². The highest BCUT2D eigenvalue weighted by Gasteiger charge is 2.46. The van der Waals surface area contributed by atoms with Crippen LogP contribution < -0.4 is 5.32 Å². The minimum absolute atomic E-state index is 0.164. The first-order valence-corrected chi connectivity index (χ1v) is 5.80. The van der Waals surface area contributed by atoms with Crippen LogP contribution in [0.25, 0.3) is 0 Å². The zero-order valence-electron chi connectivity index (χ0n) is 10.1. The van der Waals surface area contributed by atoms with Gasteiger partial charge in [-0.15, -0.1) is 0 Å². The van der Waals surface area contributed by atoms with Crippen LogP contribution in [0.1, 0.15) is 25.8 Å². The molecule has 0 bridgehead atoms. The Morgan fingerprint density at radius 1 is 1.47 bits per heavy atom. The molecule has 0 saturated heterocycles. The van der Waals surface area contributed by atoms with E-state index in [-0.39, 0.29) is 23.3 Å². The first-order chi connectivity index (χ1) is 7.93. The van der Waals surface area contributed by atoms with Crippen molar-refractivity contribution in [3.05, 3.63) is 29.6 Å². The standard InChI is InChI=1S/C13H18FNO2/c1-13(2)10(6-11(13)16)15-7-8-4-3-5-9(14)12(8)17/h3-5,10-11,15-17H,6-7H2,1-2H3. The summed E-state index contributed by atoms with van der Waals surface area (Å²) in [6.45, 7) is 4.39. The zero-order valence-corrected chi connectivity index (χ0v) is 10.1. The Morgan fingerprint density at radius 2 is 2.18 bits per heavy atom. The van der Waals surface area contributed by atoms with Gasteiger partial charge in [0.25, 0.3) is 0 Å². The summed E-state index contributed by atoms with van der Waals surface area (Å²) < 4.78 is 13.1. The van der Waals surface area contributed by atoms with E-state index in [1.54, 1.807) is 12.1 Å². The van der Waals surface area contributed by atoms with Crippen molar-refractivity contribution in [1.82, 2.24) is 5.32 Å². The lowest BCUT2D eigenvalue weighted by molar-refractivity contribution is -0.0730. The molecule has 0 spiro atoms. The van der Waals surface area contributed by atoms with E-state index in [1.165, 1.54) is 6.07 Å². The first kappa shape index (κ1) is 12.3. The molecule has 1 aliphatic rings. The van der Waals surface area contributed by atoms with Crippen LogP contribution in [0.3, 0.4) is 0 Å². The summed E-state index contributed by atoms with van der Waals surface area (Å²) in [6, 6.07) is 4.69. The average molecular weight is 239 g/mol. The SMILES string of the molecule is CC1(C)C(O)CC1NCc1cccc(F)c1O. The Labute approximate surface area is 100 Å². The van der Waals surface area contributed by atoms with Crippen LogP contribution in [0.15, 0.2) is 18.2 Å². The Morgan fingerprint density at radius 3 is 2.76 bits per heavy atom. The monoisotopic (exact) mass is 239 g/mol. The second-order valence-electron chi connectivity index (χ2n) is 5.25. The number of hydrogen-bond donors (Lipinski definition) is 3. The fourth-order valence-corrected chi connectivity index (χ4v) is 2.18. The van der Waals surface area contributed by atoms with Crippen LogP contribution >= 0.6 is 0 Å². The van der Waals surface area contributed by atoms with Crippen LogP contribution in [0.5, 0.6) is 5.75 Å². The normalized spacial score (nSPS) is 26.6. The highest BCUT2D eigenvalue weighted by molar-refractivity contribution is 5.33. The number of aliphatic hydroxyl groups is 1. The molecular weight excluding hydrogens is 221 g/mol. The minimum Gasteiger partial charge on any atom is -0.505 e. The molecule has 94 valence electrons. The molecule has 1 saturated carbocycles. The Balaban J connectivity index is 1.97. The van der Waals surface area contributed by atoms with Crippen LogP contribution in [-0.4, -0.2) is 22.4 Å². The molecule has 1 fully saturated rings. The van der Waals surface area contributed by atoms with E-state index in [4.69, 9.17) is 0 Å². The Kier molecular flexibility index (Phi) is 3.10. The summed E-state index contributed by atoms with van der Waals surface area (Å²) in [6.07, 6.45) is 0.407. The molecule has 2 unspecified atom stereocenters. The van der Waals surface area contributed by atoms with Gasteiger partial charge in [-0.3, -0.25) is 0 Å². The van der Waals surface area contributed by atoms with E-state index >= 15 is 0 Å². The number of aromatic hydroxyl groups is 1. The fourth-order valence-electron chi connectivity index (χ4n) is 2.18. The molecule has 3 nitrogen and oxygen atoms in total. The lowest BCUT2D eigenvalue weighted by atomic mass is 9.64. The number of halogens is 1. The molecule has 0 heterocycles. The third-order valence-corrected chi connectivity index (χ3v) is 3.83. The molecule has 1 aliphatic carbocycles. The maximum absolute atomic E-state index is 13.1. The molecule has 0 aliphatic heterocycles. The lowest BCUT2D eigenvalue weighted by Crippen LogP contribution is -2.59. The van der Waals surface area contributed by atoms with Gasteiger partial charge in [0.1, 0.15) is 0 Å². The van der Waals surface area contributed by atoms with Crippen molar-refractivity contribution in [3.8, 4) is 5.75 Å². The smallest absolute Gasteiger partial charge is 0.165 e. The fraction of sp³-hybridized carbons (Fsp3) is 0.538. The third-order valence-electron chi connectivity index (χ3n) is 3.83. The van der Waals surface area contributed by atoms with Gasteiger partial charge < -0.3 is 15.5 Å². The van der Waals surface area contributed by atoms with Gasteiger partial charge in [-0.25, -0.2) is 4.39 Å². The van der Waals surface area contributed by atoms with E-state index in [0.717, 1.165) is 0 Å². The molecule has 0 radical (unpaired) electrons. The van der Waals surface area contributed by atoms with Crippen LogP contribution in [0, 0.1) is 11.2 Å². The van der Waals surface area contributed by atoms with Gasteiger partial charge in [-0.05, 0) is 12.5 Å². The summed E-state index contributed by atoms with van der Waals surface area (Å²) in [5.74, 6) is -0.894. The molecule has 0 aromatic heterocycles. The van der Waals surface area contributed by atoms with Gasteiger partial charge in [0.2, 0.25) is 0 Å². The van der Waals surface area contributed by atoms with Crippen molar-refractivity contribution in [1.29, 1.82) is 0 Å². The van der Waals surface area contributed by atoms with Crippen LogP contribution in [0.2, 0.25) is 0 Å². The third kappa shape index (κ3) is 2.15. The van der Waals surface area contributed by atoms with E-state index in [2.05, 4.69) is 5.32 Å². The van der Waals surface area contributed by atoms with Gasteiger partial charge in [-0.1, -0.05) is 26.0 Å². The molecular formula is C13H18FNO2. The summed E-state index contributed by atoms with van der Waals surface area (Å²) >= 11 is 0. The summed E-state index contributed by atoms with van der Waals surface area (Å²) in [5, 5.41) is 22.3. The first-order valence-electron chi connectivity index (χ1n) is 5.80. The van der Waals surface area contributed by atoms with Crippen molar-refractivity contribution in [2.75, 3.05) is 0 Å². The van der Waals surface area contributed by atoms with Crippen molar-refractivity contribution in [2.24, 2.45) is 5.41 Å². The number of benzene rings is 1. The van der Waals surface area contributed by atoms with E-state index in [1.807, 2.05) is 13.8 Å². The number of phenolic OH excluding ortho intramolecular Hbond substituents is 1. The molecule has 4 heteroatoms. The van der Waals surface area contributed by atoms with Gasteiger partial charge in [0.05, 0.1) is 6.10 Å². The van der Waals surface area contributed by atoms with Gasteiger partial charge in [-0.2, -0.15) is 0 Å². The van der Waals surface area contributed by atoms with Crippen molar-refractivity contribution >= 4 is 0 Å². The predicted molar refractivity (Wildman–Crippen MR) is 63.1 cm³/mol. The van der Waals surface area contributed by atoms with Crippen LogP contribution in [-0.2, 0) is 6.54 Å². The van der Waals surface area contributed by atoms with Crippen molar-refractivity contribution in [2.45, 2.75) is 39.0 Å². The van der Waals surface area contributed by atoms with Crippen molar-refractivity contribution < 1.29 is 14.6 Å². The molecule has 0 amide bonds. The Hall–Kier alpha value is -1.13. The zero-order chi connectivity index (χ0) is 12.6. The largest absolute Gasteiger partial charge is 0.505 e. The quantitative estimate of drug-likeness (QED) is 0.753. The van der Waals surface area contributed by atoms with Gasteiger partial charge in [0, 0.05) is 23.6 Å². The molecule has 2 rings (SSSR count). The lowest BCUT2D eigenvalue weighted by Gasteiger charge is -2.49. The highest BCUT2D eigenvalue weighted by Crippen LogP contribution is 2.40. The average Bonchev–Trinajstić information content (AvgIpc) is 2.29. The van der Waals surface area contributed by atoms with E-state index in [0.29, 0.717) is 18.5 Å². The second kappa shape index (κ2) is 4.27. The topological polar surface area (TPSA) is 52.5 Å². The number of hydrogen-bond acceptors (Lipinski definition) is 3. The molecule has 1 aromatic carbocycles. The minimum atomic E-state index is -0.600. The molecule has 3 N–H and O–H groups in total. The number of rotatable bonds is 3. The molecule has 2 atom stereocenters. The molecule has 1 aromatic rings. The number of para-hydroxylation sites is 1. The predicted octanol–water partition coefficient (Wildman–Crippen LogP) is 1.78. The van der Waals surface area contributed by atoms with Crippen molar-refractivity contribution in [3.63, 3.8) is 0 Å². The number of nitrogens with one attached hydrogen (secondary N) is 1. The highest BCUT2D eigenvalue weighted by atomic mass is 19.1. The summed E-state index contributed by atoms with van der Waals surface area (Å²) in [7, 11) is 0. The molecule has 17 heavy (non-hydrogen) atoms. The maximum Gasteiger partial charge on any atom is 0.165 e. The van der Waals surface area contributed by atoms with Gasteiger partial charge in [0.15, 0.2) is 11.6 Å². The summed E-state index contributed by atoms with van der Waals surface area (Å²) in [5.41, 5.74) is 0.380. The Bertz CT molecular complexity index is 420. The van der Waals surface area contributed by atoms with E-state index in [9.17, 15) is 14.6 Å². The number of aliphatic hydroxyl groups excluding tert-OH is 1. The maximum atomic E-state index is 13.1. The van der Waals surface area contributed by atoms with Gasteiger partial charge >= 0.3 is 0 Å². The number of phenols is 1. The second-order valence-corrected chi connectivity index (χ2v) is 5.25. The van der Waals surface area contributed by atoms with E-state index < -0.39 is 5.82 Å².